The van der Waals surface area contributed by atoms with Crippen LogP contribution in [0.4, 0.5) is 0 Å². The van der Waals surface area contributed by atoms with Crippen molar-refractivity contribution < 1.29 is 0 Å². The van der Waals surface area contributed by atoms with E-state index >= 15 is 0 Å². The average Bonchev–Trinajstić information content (AvgIpc) is 2.56. The lowest BCUT2D eigenvalue weighted by Crippen LogP contribution is -2.05. The highest BCUT2D eigenvalue weighted by Crippen LogP contribution is 2.14. The second-order valence-electron chi connectivity index (χ2n) is 3.26. The molecule has 0 bridgehead atoms. The molecule has 80 valence electrons. The van der Waals surface area contributed by atoms with Gasteiger partial charge in [-0.05, 0) is 44.4 Å². The highest BCUT2D eigenvalue weighted by molar-refractivity contribution is 5.33. The van der Waals surface area contributed by atoms with E-state index < -0.39 is 0 Å². The van der Waals surface area contributed by atoms with E-state index in [0.717, 1.165) is 6.54 Å². The minimum atomic E-state index is 1.10. The third kappa shape index (κ3) is 4.31. The molecule has 0 saturated heterocycles. The van der Waals surface area contributed by atoms with Crippen LogP contribution in [0, 0.1) is 0 Å². The van der Waals surface area contributed by atoms with E-state index in [2.05, 4.69) is 37.4 Å². The van der Waals surface area contributed by atoms with Gasteiger partial charge in [0.15, 0.2) is 0 Å². The fraction of sp³-hybridized carbons (Fsp3) is 0.538. The van der Waals surface area contributed by atoms with Crippen LogP contribution in [0.2, 0.25) is 0 Å². The summed E-state index contributed by atoms with van der Waals surface area (Å²) in [5.41, 5.74) is 4.09. The molecule has 1 heteroatoms. The second-order valence-corrected chi connectivity index (χ2v) is 3.26. The molecule has 0 aromatic rings. The first kappa shape index (κ1) is 13.0. The van der Waals surface area contributed by atoms with Gasteiger partial charge < -0.3 is 5.32 Å². The van der Waals surface area contributed by atoms with Gasteiger partial charge in [0.2, 0.25) is 0 Å². The maximum atomic E-state index is 3.37. The van der Waals surface area contributed by atoms with Crippen molar-refractivity contribution in [1.82, 2.24) is 5.32 Å². The van der Waals surface area contributed by atoms with Gasteiger partial charge >= 0.3 is 0 Å². The van der Waals surface area contributed by atoms with Gasteiger partial charge in [0.25, 0.3) is 0 Å². The van der Waals surface area contributed by atoms with Crippen molar-refractivity contribution in [3.63, 3.8) is 0 Å². The van der Waals surface area contributed by atoms with E-state index in [1.165, 1.54) is 23.3 Å². The number of nitrogens with one attached hydrogen (secondary N) is 1. The SMILES string of the molecule is C/C=C\C(C)=C/C1=C(C)CCN1.CC. The zero-order valence-corrected chi connectivity index (χ0v) is 10.1. The topological polar surface area (TPSA) is 12.0 Å². The predicted octanol–water partition coefficient (Wildman–Crippen LogP) is 3.80. The summed E-state index contributed by atoms with van der Waals surface area (Å²) in [7, 11) is 0. The summed E-state index contributed by atoms with van der Waals surface area (Å²) in [4.78, 5) is 0. The minimum absolute atomic E-state index is 1.10. The lowest BCUT2D eigenvalue weighted by atomic mass is 10.1. The summed E-state index contributed by atoms with van der Waals surface area (Å²) in [5, 5.41) is 3.37. The Balaban J connectivity index is 0.000000791. The van der Waals surface area contributed by atoms with Crippen molar-refractivity contribution >= 4 is 0 Å². The van der Waals surface area contributed by atoms with Crippen molar-refractivity contribution in [2.75, 3.05) is 6.54 Å². The van der Waals surface area contributed by atoms with E-state index in [4.69, 9.17) is 0 Å². The van der Waals surface area contributed by atoms with Gasteiger partial charge in [0.1, 0.15) is 0 Å². The van der Waals surface area contributed by atoms with Crippen LogP contribution in [0.25, 0.3) is 0 Å². The molecule has 0 amide bonds. The molecule has 0 aliphatic carbocycles. The van der Waals surface area contributed by atoms with Crippen molar-refractivity contribution in [3.8, 4) is 0 Å². The summed E-state index contributed by atoms with van der Waals surface area (Å²) in [6, 6.07) is 0. The molecule has 0 unspecified atom stereocenters. The second kappa shape index (κ2) is 7.43. The van der Waals surface area contributed by atoms with Crippen molar-refractivity contribution in [3.05, 3.63) is 35.1 Å². The molecule has 0 spiro atoms. The molecule has 14 heavy (non-hydrogen) atoms. The Kier molecular flexibility index (Phi) is 6.91. The molecule has 0 aromatic carbocycles. The van der Waals surface area contributed by atoms with Crippen molar-refractivity contribution in [2.24, 2.45) is 0 Å². The molecule has 1 aliphatic heterocycles. The summed E-state index contributed by atoms with van der Waals surface area (Å²) in [5.74, 6) is 0. The van der Waals surface area contributed by atoms with E-state index in [0.29, 0.717) is 0 Å². The molecule has 0 atom stereocenters. The molecule has 1 N–H and O–H groups in total. The average molecular weight is 193 g/mol. The predicted molar refractivity (Wildman–Crippen MR) is 65.2 cm³/mol. The Morgan fingerprint density at radius 3 is 2.43 bits per heavy atom. The van der Waals surface area contributed by atoms with Crippen LogP contribution in [0.5, 0.6) is 0 Å². The molecule has 1 rings (SSSR count). The highest BCUT2D eigenvalue weighted by atomic mass is 14.9. The zero-order chi connectivity index (χ0) is 11.0. The third-order valence-corrected chi connectivity index (χ3v) is 2.08. The summed E-state index contributed by atoms with van der Waals surface area (Å²) in [6.07, 6.45) is 7.59. The van der Waals surface area contributed by atoms with E-state index in [1.807, 2.05) is 20.8 Å². The Hall–Kier alpha value is -0.980. The van der Waals surface area contributed by atoms with E-state index in [-0.39, 0.29) is 0 Å². The van der Waals surface area contributed by atoms with Crippen molar-refractivity contribution in [2.45, 2.75) is 41.0 Å². The Bertz CT molecular complexity index is 244. The number of allylic oxidation sites excluding steroid dienone is 4. The van der Waals surface area contributed by atoms with Gasteiger partial charge in [-0.1, -0.05) is 26.0 Å². The molecular weight excluding hydrogens is 170 g/mol. The molecule has 0 fully saturated rings. The fourth-order valence-electron chi connectivity index (χ4n) is 1.38. The monoisotopic (exact) mass is 193 g/mol. The number of rotatable bonds is 2. The maximum absolute atomic E-state index is 3.37. The normalized spacial score (nSPS) is 16.8. The van der Waals surface area contributed by atoms with Crippen LogP contribution in [0.15, 0.2) is 35.1 Å². The standard InChI is InChI=1S/C11H17N.C2H6/c1-4-5-9(2)8-11-10(3)6-7-12-11;1-2/h4-5,8,12H,6-7H2,1-3H3;1-2H3/b5-4-,9-8-;. The Labute approximate surface area is 88.6 Å². The number of hydrogen-bond acceptors (Lipinski definition) is 1. The van der Waals surface area contributed by atoms with Crippen LogP contribution in [-0.4, -0.2) is 6.54 Å². The van der Waals surface area contributed by atoms with Crippen LogP contribution in [-0.2, 0) is 0 Å². The van der Waals surface area contributed by atoms with Gasteiger partial charge in [0, 0.05) is 12.2 Å². The van der Waals surface area contributed by atoms with Gasteiger partial charge in [-0.25, -0.2) is 0 Å². The molecule has 1 aliphatic rings. The maximum Gasteiger partial charge on any atom is 0.0332 e. The largest absolute Gasteiger partial charge is 0.385 e. The van der Waals surface area contributed by atoms with Crippen molar-refractivity contribution in [1.29, 1.82) is 0 Å². The first-order valence-corrected chi connectivity index (χ1v) is 5.48. The van der Waals surface area contributed by atoms with Crippen LogP contribution in [0.1, 0.15) is 41.0 Å². The lowest BCUT2D eigenvalue weighted by molar-refractivity contribution is 0.885. The quantitative estimate of drug-likeness (QED) is 0.658. The highest BCUT2D eigenvalue weighted by Gasteiger charge is 2.06. The van der Waals surface area contributed by atoms with Gasteiger partial charge in [-0.15, -0.1) is 0 Å². The van der Waals surface area contributed by atoms with Crippen LogP contribution >= 0.6 is 0 Å². The van der Waals surface area contributed by atoms with Gasteiger partial charge in [0.05, 0.1) is 0 Å². The molecular formula is C13H23N. The Morgan fingerprint density at radius 2 is 2.00 bits per heavy atom. The molecule has 1 nitrogen and oxygen atoms in total. The van der Waals surface area contributed by atoms with Gasteiger partial charge in [-0.3, -0.25) is 0 Å². The minimum Gasteiger partial charge on any atom is -0.385 e. The summed E-state index contributed by atoms with van der Waals surface area (Å²) < 4.78 is 0. The zero-order valence-electron chi connectivity index (χ0n) is 10.1. The third-order valence-electron chi connectivity index (χ3n) is 2.08. The molecule has 0 aromatic heterocycles. The molecule has 1 heterocycles. The molecule has 0 saturated carbocycles. The lowest BCUT2D eigenvalue weighted by Gasteiger charge is -1.99. The summed E-state index contributed by atoms with van der Waals surface area (Å²) >= 11 is 0. The van der Waals surface area contributed by atoms with Gasteiger partial charge in [-0.2, -0.15) is 0 Å². The smallest absolute Gasteiger partial charge is 0.0332 e. The summed E-state index contributed by atoms with van der Waals surface area (Å²) in [6.45, 7) is 11.5. The molecule has 0 radical (unpaired) electrons. The first-order chi connectivity index (χ1) is 6.74. The van der Waals surface area contributed by atoms with E-state index in [1.54, 1.807) is 0 Å². The Morgan fingerprint density at radius 1 is 1.36 bits per heavy atom. The van der Waals surface area contributed by atoms with Crippen LogP contribution < -0.4 is 5.32 Å². The van der Waals surface area contributed by atoms with E-state index in [9.17, 15) is 0 Å². The first-order valence-electron chi connectivity index (χ1n) is 5.48. The number of hydrogen-bond donors (Lipinski definition) is 1. The fourth-order valence-corrected chi connectivity index (χ4v) is 1.38. The van der Waals surface area contributed by atoms with Crippen LogP contribution in [0.3, 0.4) is 0 Å².